The van der Waals surface area contributed by atoms with Crippen molar-refractivity contribution in [3.05, 3.63) is 29.3 Å². The van der Waals surface area contributed by atoms with Crippen LogP contribution in [0.2, 0.25) is 5.02 Å². The molecule has 3 heteroatoms. The van der Waals surface area contributed by atoms with Gasteiger partial charge in [0.15, 0.2) is 0 Å². The van der Waals surface area contributed by atoms with Crippen molar-refractivity contribution in [1.82, 2.24) is 0 Å². The molecule has 0 aliphatic carbocycles. The van der Waals surface area contributed by atoms with Crippen LogP contribution in [0, 0.1) is 0 Å². The summed E-state index contributed by atoms with van der Waals surface area (Å²) in [5.74, 6) is 0. The summed E-state index contributed by atoms with van der Waals surface area (Å²) in [6, 6.07) is 7.17. The van der Waals surface area contributed by atoms with Gasteiger partial charge < -0.3 is 12.6 Å². The smallest absolute Gasteiger partial charge is 0.780 e. The molecular weight excluding hydrogens is 163 g/mol. The van der Waals surface area contributed by atoms with Gasteiger partial charge in [0.2, 0.25) is 0 Å². The molecule has 42 valence electrons. The van der Waals surface area contributed by atoms with Gasteiger partial charge in [-0.05, 0) is 12.1 Å². The molecule has 0 saturated carbocycles. The zero-order chi connectivity index (χ0) is 5.98. The molecule has 0 bridgehead atoms. The molecule has 1 aromatic rings. The van der Waals surface area contributed by atoms with Crippen LogP contribution in [0.4, 0.5) is 0 Å². The van der Waals surface area contributed by atoms with Gasteiger partial charge in [-0.2, -0.15) is 4.90 Å². The molecule has 0 aliphatic heterocycles. The Kier molecular flexibility index (Phi) is 4.90. The maximum atomic E-state index is 5.57. The minimum absolute atomic E-state index is 0. The normalized spacial score (nSPS) is 8.11. The molecule has 0 saturated heterocycles. The minimum atomic E-state index is 0. The van der Waals surface area contributed by atoms with Gasteiger partial charge in [-0.25, -0.2) is 0 Å². The van der Waals surface area contributed by atoms with Crippen molar-refractivity contribution in [3.63, 3.8) is 0 Å². The summed E-state index contributed by atoms with van der Waals surface area (Å²) >= 11 is 10.4. The molecule has 0 aromatic heterocycles. The van der Waals surface area contributed by atoms with Crippen LogP contribution in [0.25, 0.3) is 0 Å². The second-order valence-corrected chi connectivity index (χ2v) is 2.36. The van der Waals surface area contributed by atoms with Crippen LogP contribution in [0.3, 0.4) is 0 Å². The summed E-state index contributed by atoms with van der Waals surface area (Å²) in [5.41, 5.74) is 0. The van der Waals surface area contributed by atoms with Gasteiger partial charge in [0.1, 0.15) is 0 Å². The van der Waals surface area contributed by atoms with Crippen molar-refractivity contribution >= 4 is 24.2 Å². The van der Waals surface area contributed by atoms with Crippen LogP contribution in [-0.2, 0) is 12.6 Å². The van der Waals surface area contributed by atoms with Gasteiger partial charge in [0.25, 0.3) is 0 Å². The second-order valence-electron chi connectivity index (χ2n) is 1.45. The van der Waals surface area contributed by atoms with E-state index in [2.05, 4.69) is 0 Å². The van der Waals surface area contributed by atoms with Crippen LogP contribution in [0.5, 0.6) is 0 Å². The van der Waals surface area contributed by atoms with E-state index in [1.54, 1.807) is 24.3 Å². The molecule has 9 heavy (non-hydrogen) atoms. The Morgan fingerprint density at radius 2 is 1.56 bits per heavy atom. The first-order valence-corrected chi connectivity index (χ1v) is 3.00. The molecule has 0 atom stereocenters. The average molecular weight is 167 g/mol. The van der Waals surface area contributed by atoms with E-state index < -0.39 is 0 Å². The molecule has 1 aromatic carbocycles. The minimum Gasteiger partial charge on any atom is -0.780 e. The first-order chi connectivity index (χ1) is 3.79. The zero-order valence-corrected chi connectivity index (χ0v) is 8.67. The Labute approximate surface area is 87.3 Å². The Morgan fingerprint density at radius 1 is 1.11 bits per heavy atom. The maximum absolute atomic E-state index is 5.57. The third kappa shape index (κ3) is 3.43. The Bertz CT molecular complexity index is 152. The summed E-state index contributed by atoms with van der Waals surface area (Å²) in [6.45, 7) is 0. The Balaban J connectivity index is 0.000000640. The number of hydrogen-bond acceptors (Lipinski definition) is 1. The predicted octanol–water partition coefficient (Wildman–Crippen LogP) is -0.750. The SMILES string of the molecule is [Na+].[S-]c1ccc(Cl)cc1. The van der Waals surface area contributed by atoms with Crippen molar-refractivity contribution in [2.45, 2.75) is 4.90 Å². The molecule has 0 heterocycles. The van der Waals surface area contributed by atoms with Crippen molar-refractivity contribution < 1.29 is 29.6 Å². The number of benzene rings is 1. The van der Waals surface area contributed by atoms with Crippen LogP contribution in [0.1, 0.15) is 0 Å². The molecule has 0 unspecified atom stereocenters. The maximum Gasteiger partial charge on any atom is 1.00 e. The molecule has 0 fully saturated rings. The second kappa shape index (κ2) is 4.53. The number of halogens is 1. The molecule has 0 radical (unpaired) electrons. The van der Waals surface area contributed by atoms with Gasteiger partial charge in [-0.1, -0.05) is 23.7 Å². The van der Waals surface area contributed by atoms with Gasteiger partial charge in [0.05, 0.1) is 0 Å². The summed E-state index contributed by atoms with van der Waals surface area (Å²) in [4.78, 5) is 0.828. The van der Waals surface area contributed by atoms with Crippen LogP contribution < -0.4 is 29.6 Å². The van der Waals surface area contributed by atoms with E-state index in [1.165, 1.54) is 0 Å². The van der Waals surface area contributed by atoms with Crippen molar-refractivity contribution in [2.75, 3.05) is 0 Å². The molecule has 0 nitrogen and oxygen atoms in total. The summed E-state index contributed by atoms with van der Waals surface area (Å²) in [6.07, 6.45) is 0. The molecule has 1 rings (SSSR count). The van der Waals surface area contributed by atoms with E-state index in [0.717, 1.165) is 9.92 Å². The fourth-order valence-electron chi connectivity index (χ4n) is 0.435. The Morgan fingerprint density at radius 3 is 1.89 bits per heavy atom. The van der Waals surface area contributed by atoms with E-state index in [1.807, 2.05) is 0 Å². The molecule has 0 spiro atoms. The largest absolute Gasteiger partial charge is 1.00 e. The van der Waals surface area contributed by atoms with Gasteiger partial charge in [-0.3, -0.25) is 0 Å². The average Bonchev–Trinajstić information content (AvgIpc) is 1.77. The van der Waals surface area contributed by atoms with E-state index in [-0.39, 0.29) is 29.6 Å². The molecular formula is C6H4ClNaS. The van der Waals surface area contributed by atoms with Crippen LogP contribution >= 0.6 is 11.6 Å². The summed E-state index contributed by atoms with van der Waals surface area (Å²) in [5, 5.41) is 0.735. The quantitative estimate of drug-likeness (QED) is 0.361. The standard InChI is InChI=1S/C6H5ClS.Na/c7-5-1-3-6(8)4-2-5;/h1-4,8H;/q;+1/p-1. The van der Waals surface area contributed by atoms with Gasteiger partial charge in [-0.15, -0.1) is 0 Å². The third-order valence-corrected chi connectivity index (χ3v) is 1.34. The molecule has 0 amide bonds. The fourth-order valence-corrected chi connectivity index (χ4v) is 0.697. The first-order valence-electron chi connectivity index (χ1n) is 2.21. The topological polar surface area (TPSA) is 0 Å². The first kappa shape index (κ1) is 9.73. The summed E-state index contributed by atoms with van der Waals surface area (Å²) in [7, 11) is 0. The number of hydrogen-bond donors (Lipinski definition) is 0. The Hall–Kier alpha value is 0.730. The van der Waals surface area contributed by atoms with Gasteiger partial charge >= 0.3 is 29.6 Å². The molecule has 0 N–H and O–H groups in total. The monoisotopic (exact) mass is 166 g/mol. The van der Waals surface area contributed by atoms with Crippen LogP contribution in [-0.4, -0.2) is 0 Å². The third-order valence-electron chi connectivity index (χ3n) is 0.814. The van der Waals surface area contributed by atoms with Crippen molar-refractivity contribution in [3.8, 4) is 0 Å². The van der Waals surface area contributed by atoms with E-state index in [9.17, 15) is 0 Å². The van der Waals surface area contributed by atoms with Crippen LogP contribution in [0.15, 0.2) is 29.2 Å². The van der Waals surface area contributed by atoms with Crippen molar-refractivity contribution in [2.24, 2.45) is 0 Å². The molecule has 0 aliphatic rings. The number of rotatable bonds is 0. The van der Waals surface area contributed by atoms with Gasteiger partial charge in [0, 0.05) is 5.02 Å². The van der Waals surface area contributed by atoms with E-state index in [4.69, 9.17) is 24.2 Å². The summed E-state index contributed by atoms with van der Waals surface area (Å²) < 4.78 is 0. The fraction of sp³-hybridized carbons (Fsp3) is 0. The predicted molar refractivity (Wildman–Crippen MR) is 37.1 cm³/mol. The van der Waals surface area contributed by atoms with E-state index in [0.29, 0.717) is 0 Å². The zero-order valence-electron chi connectivity index (χ0n) is 5.10. The van der Waals surface area contributed by atoms with Crippen molar-refractivity contribution in [1.29, 1.82) is 0 Å². The van der Waals surface area contributed by atoms with E-state index >= 15 is 0 Å².